The summed E-state index contributed by atoms with van der Waals surface area (Å²) in [6.45, 7) is 2.04. The lowest BCUT2D eigenvalue weighted by molar-refractivity contribution is -0.173. The summed E-state index contributed by atoms with van der Waals surface area (Å²) in [6.07, 6.45) is -3.21. The fraction of sp³-hybridized carbons (Fsp3) is 1.00. The molecular formula is C9H18F3NO3S. The third-order valence-electron chi connectivity index (χ3n) is 2.24. The van der Waals surface area contributed by atoms with Gasteiger partial charge in [-0.15, -0.1) is 0 Å². The summed E-state index contributed by atoms with van der Waals surface area (Å²) in [4.78, 5) is 0. The number of hydrogen-bond donors (Lipinski definition) is 1. The number of hydrogen-bond acceptors (Lipinski definition) is 4. The maximum Gasteiger partial charge on any atom is 0.411 e. The molecule has 0 aliphatic carbocycles. The average Bonchev–Trinajstić information content (AvgIpc) is 2.07. The van der Waals surface area contributed by atoms with Crippen molar-refractivity contribution in [1.29, 1.82) is 0 Å². The number of sulfone groups is 1. The minimum absolute atomic E-state index is 0.112. The highest BCUT2D eigenvalue weighted by molar-refractivity contribution is 7.92. The largest absolute Gasteiger partial charge is 0.411 e. The average molecular weight is 277 g/mol. The van der Waals surface area contributed by atoms with E-state index in [0.29, 0.717) is 0 Å². The summed E-state index contributed by atoms with van der Waals surface area (Å²) in [5, 5.41) is 2.75. The first-order chi connectivity index (χ1) is 7.46. The number of nitrogens with one attached hydrogen (secondary N) is 1. The Balaban J connectivity index is 3.73. The summed E-state index contributed by atoms with van der Waals surface area (Å²) < 4.78 is 61.0. The van der Waals surface area contributed by atoms with E-state index in [1.807, 2.05) is 0 Å². The van der Waals surface area contributed by atoms with E-state index in [1.165, 1.54) is 0 Å². The fourth-order valence-corrected chi connectivity index (χ4v) is 1.22. The van der Waals surface area contributed by atoms with Gasteiger partial charge in [0.25, 0.3) is 0 Å². The Kier molecular flexibility index (Phi) is 5.89. The van der Waals surface area contributed by atoms with Crippen molar-refractivity contribution in [3.05, 3.63) is 0 Å². The quantitative estimate of drug-likeness (QED) is 0.705. The van der Waals surface area contributed by atoms with Crippen LogP contribution in [-0.4, -0.2) is 51.9 Å². The molecule has 4 nitrogen and oxygen atoms in total. The lowest BCUT2D eigenvalue weighted by atomic mass is 10.2. The molecule has 0 amide bonds. The molecule has 0 aliphatic rings. The second-order valence-electron chi connectivity index (χ2n) is 4.38. The standard InChI is InChI=1S/C9H18F3NO3S/c1-8(2,17(3,14)15)6-13-4-5-16-7-9(10,11)12/h13H,4-7H2,1-3H3. The van der Waals surface area contributed by atoms with Crippen molar-refractivity contribution in [2.75, 3.05) is 32.6 Å². The third kappa shape index (κ3) is 7.56. The predicted octanol–water partition coefficient (Wildman–Crippen LogP) is 0.978. The first-order valence-corrected chi connectivity index (χ1v) is 6.90. The van der Waals surface area contributed by atoms with Gasteiger partial charge in [-0.1, -0.05) is 0 Å². The number of halogens is 3. The van der Waals surface area contributed by atoms with Crippen LogP contribution >= 0.6 is 0 Å². The van der Waals surface area contributed by atoms with Gasteiger partial charge >= 0.3 is 6.18 Å². The Morgan fingerprint density at radius 1 is 1.24 bits per heavy atom. The second-order valence-corrected chi connectivity index (χ2v) is 7.03. The van der Waals surface area contributed by atoms with E-state index < -0.39 is 27.4 Å². The van der Waals surface area contributed by atoms with Gasteiger partial charge in [0, 0.05) is 19.3 Å². The van der Waals surface area contributed by atoms with Crippen LogP contribution in [0.1, 0.15) is 13.8 Å². The molecule has 0 saturated carbocycles. The van der Waals surface area contributed by atoms with Gasteiger partial charge in [-0.2, -0.15) is 13.2 Å². The summed E-state index contributed by atoms with van der Waals surface area (Å²) in [5.74, 6) is 0. The van der Waals surface area contributed by atoms with Crippen molar-refractivity contribution in [2.24, 2.45) is 0 Å². The van der Waals surface area contributed by atoms with E-state index in [4.69, 9.17) is 0 Å². The summed E-state index contributed by atoms with van der Waals surface area (Å²) in [6, 6.07) is 0. The SMILES string of the molecule is CC(C)(CNCCOCC(F)(F)F)S(C)(=O)=O. The molecule has 0 radical (unpaired) electrons. The van der Waals surface area contributed by atoms with Crippen molar-refractivity contribution >= 4 is 9.84 Å². The smallest absolute Gasteiger partial charge is 0.371 e. The van der Waals surface area contributed by atoms with E-state index in [9.17, 15) is 21.6 Å². The second kappa shape index (κ2) is 6.01. The molecule has 0 unspecified atom stereocenters. The van der Waals surface area contributed by atoms with Crippen molar-refractivity contribution in [1.82, 2.24) is 5.32 Å². The molecule has 17 heavy (non-hydrogen) atoms. The van der Waals surface area contributed by atoms with Crippen molar-refractivity contribution in [2.45, 2.75) is 24.8 Å². The number of alkyl halides is 3. The zero-order chi connectivity index (χ0) is 13.7. The van der Waals surface area contributed by atoms with E-state index in [0.717, 1.165) is 6.26 Å². The maximum atomic E-state index is 11.7. The summed E-state index contributed by atoms with van der Waals surface area (Å²) in [5.41, 5.74) is 0. The number of rotatable bonds is 7. The van der Waals surface area contributed by atoms with Gasteiger partial charge < -0.3 is 10.1 Å². The van der Waals surface area contributed by atoms with Gasteiger partial charge in [0.05, 0.1) is 11.4 Å². The van der Waals surface area contributed by atoms with Gasteiger partial charge in [0.15, 0.2) is 9.84 Å². The van der Waals surface area contributed by atoms with Crippen LogP contribution in [0.15, 0.2) is 0 Å². The van der Waals surface area contributed by atoms with Crippen LogP contribution in [0.5, 0.6) is 0 Å². The van der Waals surface area contributed by atoms with Crippen LogP contribution < -0.4 is 5.32 Å². The van der Waals surface area contributed by atoms with Crippen molar-refractivity contribution in [3.8, 4) is 0 Å². The molecule has 0 spiro atoms. The molecule has 0 aromatic heterocycles. The number of ether oxygens (including phenoxy) is 1. The highest BCUT2D eigenvalue weighted by Gasteiger charge is 2.29. The first-order valence-electron chi connectivity index (χ1n) is 5.00. The minimum atomic E-state index is -4.33. The van der Waals surface area contributed by atoms with E-state index >= 15 is 0 Å². The molecule has 0 bridgehead atoms. The van der Waals surface area contributed by atoms with Crippen molar-refractivity contribution in [3.63, 3.8) is 0 Å². The predicted molar refractivity (Wildman–Crippen MR) is 58.7 cm³/mol. The summed E-state index contributed by atoms with van der Waals surface area (Å²) in [7, 11) is -3.20. The van der Waals surface area contributed by atoms with Crippen LogP contribution in [0, 0.1) is 0 Å². The molecule has 8 heteroatoms. The lowest BCUT2D eigenvalue weighted by Gasteiger charge is -2.22. The van der Waals surface area contributed by atoms with Gasteiger partial charge in [-0.25, -0.2) is 8.42 Å². The van der Waals surface area contributed by atoms with Gasteiger partial charge in [-0.05, 0) is 13.8 Å². The van der Waals surface area contributed by atoms with Crippen LogP contribution in [0.3, 0.4) is 0 Å². The molecule has 1 N–H and O–H groups in total. The molecule has 0 heterocycles. The zero-order valence-electron chi connectivity index (χ0n) is 10.1. The first kappa shape index (κ1) is 16.7. The molecule has 0 rings (SSSR count). The third-order valence-corrected chi connectivity index (χ3v) is 4.40. The Morgan fingerprint density at radius 2 is 1.76 bits per heavy atom. The van der Waals surface area contributed by atoms with Crippen molar-refractivity contribution < 1.29 is 26.3 Å². The lowest BCUT2D eigenvalue weighted by Crippen LogP contribution is -2.42. The molecule has 0 saturated heterocycles. The molecule has 0 aromatic carbocycles. The Hall–Kier alpha value is -0.340. The Morgan fingerprint density at radius 3 is 2.18 bits per heavy atom. The van der Waals surface area contributed by atoms with Gasteiger partial charge in [0.1, 0.15) is 6.61 Å². The Bertz CT molecular complexity index is 325. The van der Waals surface area contributed by atoms with E-state index in [2.05, 4.69) is 10.1 Å². The van der Waals surface area contributed by atoms with Crippen LogP contribution in [0.2, 0.25) is 0 Å². The molecule has 0 aliphatic heterocycles. The normalized spacial score (nSPS) is 14.0. The van der Waals surface area contributed by atoms with E-state index in [-0.39, 0.29) is 19.7 Å². The molecular weight excluding hydrogens is 259 g/mol. The maximum absolute atomic E-state index is 11.7. The molecule has 0 fully saturated rings. The zero-order valence-corrected chi connectivity index (χ0v) is 10.9. The van der Waals surface area contributed by atoms with Crippen LogP contribution in [-0.2, 0) is 14.6 Å². The highest BCUT2D eigenvalue weighted by atomic mass is 32.2. The molecule has 0 atom stereocenters. The van der Waals surface area contributed by atoms with Gasteiger partial charge in [-0.3, -0.25) is 0 Å². The molecule has 104 valence electrons. The van der Waals surface area contributed by atoms with Crippen LogP contribution in [0.4, 0.5) is 13.2 Å². The van der Waals surface area contributed by atoms with Gasteiger partial charge in [0.2, 0.25) is 0 Å². The Labute approximate surface area is 99.4 Å². The monoisotopic (exact) mass is 277 g/mol. The van der Waals surface area contributed by atoms with E-state index in [1.54, 1.807) is 13.8 Å². The summed E-state index contributed by atoms with van der Waals surface area (Å²) >= 11 is 0. The van der Waals surface area contributed by atoms with Crippen LogP contribution in [0.25, 0.3) is 0 Å². The fourth-order valence-electron chi connectivity index (χ4n) is 0.853. The highest BCUT2D eigenvalue weighted by Crippen LogP contribution is 2.14. The topological polar surface area (TPSA) is 55.4 Å². The minimum Gasteiger partial charge on any atom is -0.371 e. The molecule has 0 aromatic rings.